The Kier molecular flexibility index (Phi) is 6.89. The Bertz CT molecular complexity index is 950. The summed E-state index contributed by atoms with van der Waals surface area (Å²) in [5.74, 6) is 0. The van der Waals surface area contributed by atoms with Gasteiger partial charge in [0.1, 0.15) is 0 Å². The Morgan fingerprint density at radius 1 is 0.964 bits per heavy atom. The van der Waals surface area contributed by atoms with Crippen LogP contribution in [0, 0.1) is 0 Å². The second-order valence-corrected chi connectivity index (χ2v) is 7.43. The number of benzene rings is 2. The Hall–Kier alpha value is -2.14. The molecule has 1 fully saturated rings. The van der Waals surface area contributed by atoms with Crippen molar-refractivity contribution >= 4 is 24.0 Å². The van der Waals surface area contributed by atoms with Crippen molar-refractivity contribution in [2.24, 2.45) is 0 Å². The van der Waals surface area contributed by atoms with Crippen molar-refractivity contribution in [3.05, 3.63) is 87.8 Å². The summed E-state index contributed by atoms with van der Waals surface area (Å²) >= 11 is 5.96. The van der Waals surface area contributed by atoms with Crippen LogP contribution < -0.4 is 5.56 Å². The average molecular weight is 416 g/mol. The molecule has 1 aromatic heterocycles. The smallest absolute Gasteiger partial charge is 0.274 e. The molecule has 4 nitrogen and oxygen atoms in total. The monoisotopic (exact) mass is 415 g/mol. The minimum absolute atomic E-state index is 0. The number of rotatable bonds is 4. The molecule has 28 heavy (non-hydrogen) atoms. The first kappa shape index (κ1) is 20.6. The second-order valence-electron chi connectivity index (χ2n) is 6.99. The van der Waals surface area contributed by atoms with Gasteiger partial charge in [-0.05, 0) is 42.2 Å². The summed E-state index contributed by atoms with van der Waals surface area (Å²) in [6, 6.07) is 19.8. The van der Waals surface area contributed by atoms with Crippen molar-refractivity contribution in [3.63, 3.8) is 0 Å². The number of hydrogen-bond acceptors (Lipinski definition) is 3. The summed E-state index contributed by atoms with van der Waals surface area (Å²) in [7, 11) is 0. The number of hydrogen-bond donors (Lipinski definition) is 0. The van der Waals surface area contributed by atoms with Crippen molar-refractivity contribution in [1.82, 2.24) is 14.7 Å². The van der Waals surface area contributed by atoms with Crippen LogP contribution in [0.2, 0.25) is 5.02 Å². The molecule has 0 atom stereocenters. The number of halogens is 2. The maximum Gasteiger partial charge on any atom is 0.274 e. The van der Waals surface area contributed by atoms with E-state index in [1.807, 2.05) is 30.3 Å². The highest BCUT2D eigenvalue weighted by molar-refractivity contribution is 6.30. The lowest BCUT2D eigenvalue weighted by Crippen LogP contribution is -2.38. The summed E-state index contributed by atoms with van der Waals surface area (Å²) in [5.41, 5.74) is 2.85. The lowest BCUT2D eigenvalue weighted by Gasteiger charge is -2.32. The number of likely N-dealkylation sites (tertiary alicyclic amines) is 1. The van der Waals surface area contributed by atoms with Gasteiger partial charge in [-0.1, -0.05) is 54.1 Å². The molecule has 0 aliphatic carbocycles. The maximum absolute atomic E-state index is 13.0. The van der Waals surface area contributed by atoms with Crippen LogP contribution in [0.5, 0.6) is 0 Å². The summed E-state index contributed by atoms with van der Waals surface area (Å²) in [4.78, 5) is 15.4. The van der Waals surface area contributed by atoms with E-state index >= 15 is 0 Å². The van der Waals surface area contributed by atoms with Crippen LogP contribution in [0.25, 0.3) is 11.1 Å². The van der Waals surface area contributed by atoms with Gasteiger partial charge in [0, 0.05) is 30.9 Å². The fourth-order valence-electron chi connectivity index (χ4n) is 3.70. The molecule has 0 N–H and O–H groups in total. The first-order chi connectivity index (χ1) is 13.2. The maximum atomic E-state index is 13.0. The van der Waals surface area contributed by atoms with Gasteiger partial charge in [0.05, 0.1) is 11.6 Å². The predicted octanol–water partition coefficient (Wildman–Crippen LogP) is 4.82. The highest BCUT2D eigenvalue weighted by Crippen LogP contribution is 2.23. The number of piperidine rings is 1. The Balaban J connectivity index is 0.00000225. The lowest BCUT2D eigenvalue weighted by atomic mass is 10.0. The minimum atomic E-state index is -0.0265. The van der Waals surface area contributed by atoms with Gasteiger partial charge >= 0.3 is 0 Å². The van der Waals surface area contributed by atoms with Crippen molar-refractivity contribution in [2.75, 3.05) is 13.1 Å². The largest absolute Gasteiger partial charge is 0.299 e. The van der Waals surface area contributed by atoms with E-state index in [2.05, 4.69) is 34.3 Å². The first-order valence-corrected chi connectivity index (χ1v) is 9.68. The van der Waals surface area contributed by atoms with Crippen LogP contribution >= 0.6 is 24.0 Å². The van der Waals surface area contributed by atoms with E-state index in [1.54, 1.807) is 16.9 Å². The first-order valence-electron chi connectivity index (χ1n) is 9.31. The van der Waals surface area contributed by atoms with Gasteiger partial charge in [-0.25, -0.2) is 4.68 Å². The van der Waals surface area contributed by atoms with Crippen LogP contribution in [-0.4, -0.2) is 27.8 Å². The van der Waals surface area contributed by atoms with Gasteiger partial charge < -0.3 is 0 Å². The van der Waals surface area contributed by atoms with Crippen LogP contribution in [0.4, 0.5) is 0 Å². The third-order valence-corrected chi connectivity index (χ3v) is 5.43. The van der Waals surface area contributed by atoms with E-state index in [4.69, 9.17) is 11.6 Å². The molecule has 1 aliphatic heterocycles. The van der Waals surface area contributed by atoms with E-state index in [0.717, 1.165) is 38.0 Å². The van der Waals surface area contributed by atoms with Gasteiger partial charge in [-0.15, -0.1) is 12.4 Å². The Labute approximate surface area is 176 Å². The topological polar surface area (TPSA) is 38.1 Å². The molecule has 0 radical (unpaired) electrons. The highest BCUT2D eigenvalue weighted by atomic mass is 35.5. The van der Waals surface area contributed by atoms with Gasteiger partial charge in [0.15, 0.2) is 0 Å². The van der Waals surface area contributed by atoms with Gasteiger partial charge in [-0.3, -0.25) is 9.69 Å². The van der Waals surface area contributed by atoms with E-state index < -0.39 is 0 Å². The van der Waals surface area contributed by atoms with E-state index in [9.17, 15) is 4.79 Å². The second kappa shape index (κ2) is 9.37. The van der Waals surface area contributed by atoms with Crippen LogP contribution in [0.15, 0.2) is 71.7 Å². The third-order valence-electron chi connectivity index (χ3n) is 5.18. The number of aromatic nitrogens is 2. The summed E-state index contributed by atoms with van der Waals surface area (Å²) in [6.07, 6.45) is 3.59. The van der Waals surface area contributed by atoms with E-state index in [1.165, 1.54) is 5.56 Å². The van der Waals surface area contributed by atoms with Crippen molar-refractivity contribution < 1.29 is 0 Å². The van der Waals surface area contributed by atoms with E-state index in [0.29, 0.717) is 10.6 Å². The number of nitrogens with zero attached hydrogens (tertiary/aromatic N) is 3. The molecular weight excluding hydrogens is 393 g/mol. The summed E-state index contributed by atoms with van der Waals surface area (Å²) < 4.78 is 1.67. The van der Waals surface area contributed by atoms with Crippen LogP contribution in [0.1, 0.15) is 24.4 Å². The zero-order valence-corrected chi connectivity index (χ0v) is 17.1. The van der Waals surface area contributed by atoms with Crippen LogP contribution in [-0.2, 0) is 6.54 Å². The SMILES string of the molecule is Cl.O=c1c(-c2ccc(Cl)cc2)ccnn1C1CCN(Cc2ccccc2)CC1. The fraction of sp³-hybridized carbons (Fsp3) is 0.273. The van der Waals surface area contributed by atoms with Gasteiger partial charge in [0.2, 0.25) is 0 Å². The van der Waals surface area contributed by atoms with Gasteiger partial charge in [-0.2, -0.15) is 5.10 Å². The van der Waals surface area contributed by atoms with Gasteiger partial charge in [0.25, 0.3) is 5.56 Å². The van der Waals surface area contributed by atoms with Crippen molar-refractivity contribution in [3.8, 4) is 11.1 Å². The molecule has 1 aliphatic rings. The summed E-state index contributed by atoms with van der Waals surface area (Å²) in [6.45, 7) is 2.90. The Morgan fingerprint density at radius 3 is 2.32 bits per heavy atom. The molecule has 2 heterocycles. The quantitative estimate of drug-likeness (QED) is 0.612. The third kappa shape index (κ3) is 4.64. The average Bonchev–Trinajstić information content (AvgIpc) is 2.71. The molecule has 0 unspecified atom stereocenters. The fourth-order valence-corrected chi connectivity index (χ4v) is 3.83. The molecule has 1 saturated heterocycles. The van der Waals surface area contributed by atoms with Crippen molar-refractivity contribution in [2.45, 2.75) is 25.4 Å². The predicted molar refractivity (Wildman–Crippen MR) is 116 cm³/mol. The molecule has 4 rings (SSSR count). The Morgan fingerprint density at radius 2 is 1.64 bits per heavy atom. The molecule has 6 heteroatoms. The molecule has 146 valence electrons. The van der Waals surface area contributed by atoms with E-state index in [-0.39, 0.29) is 24.0 Å². The zero-order valence-electron chi connectivity index (χ0n) is 15.5. The highest BCUT2D eigenvalue weighted by Gasteiger charge is 2.23. The molecule has 0 spiro atoms. The lowest BCUT2D eigenvalue weighted by molar-refractivity contribution is 0.170. The minimum Gasteiger partial charge on any atom is -0.299 e. The molecule has 3 aromatic rings. The molecule has 2 aromatic carbocycles. The normalized spacial score (nSPS) is 15.2. The molecule has 0 saturated carbocycles. The molecule has 0 bridgehead atoms. The van der Waals surface area contributed by atoms with Crippen LogP contribution in [0.3, 0.4) is 0 Å². The zero-order chi connectivity index (χ0) is 18.6. The molecular formula is C22H23Cl2N3O. The summed E-state index contributed by atoms with van der Waals surface area (Å²) in [5, 5.41) is 5.04. The van der Waals surface area contributed by atoms with Crippen molar-refractivity contribution in [1.29, 1.82) is 0 Å². The standard InChI is InChI=1S/C22H22ClN3O.ClH/c23-19-8-6-18(7-9-19)21-10-13-24-26(22(21)27)20-11-14-25(15-12-20)16-17-4-2-1-3-5-17;/h1-10,13,20H,11-12,14-16H2;1H. The molecule has 0 amide bonds.